The third-order valence-electron chi connectivity index (χ3n) is 4.90. The van der Waals surface area contributed by atoms with Gasteiger partial charge in [0.1, 0.15) is 6.61 Å². The Morgan fingerprint density at radius 1 is 0.742 bits per heavy atom. The first-order chi connectivity index (χ1) is 15.0. The Bertz CT molecular complexity index is 1150. The highest BCUT2D eigenvalue weighted by molar-refractivity contribution is 6.34. The summed E-state index contributed by atoms with van der Waals surface area (Å²) in [5.41, 5.74) is 2.49. The summed E-state index contributed by atoms with van der Waals surface area (Å²) in [5, 5.41) is 0. The SMILES string of the molecule is COC(=O)c1ccc(COC(=O)c2ccc(N3C(=O)c4ccccc4C3=O)cc2)cc1. The molecule has 0 saturated carbocycles. The Labute approximate surface area is 177 Å². The summed E-state index contributed by atoms with van der Waals surface area (Å²) >= 11 is 0. The number of amides is 2. The van der Waals surface area contributed by atoms with Gasteiger partial charge in [-0.1, -0.05) is 24.3 Å². The first-order valence-electron chi connectivity index (χ1n) is 9.42. The first-order valence-corrected chi connectivity index (χ1v) is 9.42. The number of esters is 2. The van der Waals surface area contributed by atoms with Crippen LogP contribution in [0.4, 0.5) is 5.69 Å². The summed E-state index contributed by atoms with van der Waals surface area (Å²) in [7, 11) is 1.30. The monoisotopic (exact) mass is 415 g/mol. The molecule has 0 saturated heterocycles. The predicted octanol–water partition coefficient (Wildman–Crippen LogP) is 3.63. The van der Waals surface area contributed by atoms with Crippen molar-refractivity contribution in [3.63, 3.8) is 0 Å². The number of carbonyl (C=O) groups excluding carboxylic acids is 4. The summed E-state index contributed by atoms with van der Waals surface area (Å²) in [6.45, 7) is 0.0282. The molecule has 0 atom stereocenters. The largest absolute Gasteiger partial charge is 0.465 e. The number of hydrogen-bond acceptors (Lipinski definition) is 6. The van der Waals surface area contributed by atoms with Crippen molar-refractivity contribution in [2.75, 3.05) is 12.0 Å². The molecule has 7 nitrogen and oxygen atoms in total. The van der Waals surface area contributed by atoms with Crippen molar-refractivity contribution in [2.45, 2.75) is 6.61 Å². The summed E-state index contributed by atoms with van der Waals surface area (Å²) in [6, 6.07) is 19.2. The van der Waals surface area contributed by atoms with E-state index in [1.54, 1.807) is 48.5 Å². The van der Waals surface area contributed by atoms with Gasteiger partial charge in [0.2, 0.25) is 0 Å². The summed E-state index contributed by atoms with van der Waals surface area (Å²) in [5.74, 6) is -1.79. The highest BCUT2D eigenvalue weighted by atomic mass is 16.5. The summed E-state index contributed by atoms with van der Waals surface area (Å²) < 4.78 is 9.94. The quantitative estimate of drug-likeness (QED) is 0.467. The minimum absolute atomic E-state index is 0.0282. The van der Waals surface area contributed by atoms with Crippen molar-refractivity contribution < 1.29 is 28.7 Å². The van der Waals surface area contributed by atoms with E-state index >= 15 is 0 Å². The minimum Gasteiger partial charge on any atom is -0.465 e. The zero-order chi connectivity index (χ0) is 22.0. The number of methoxy groups -OCH3 is 1. The Hall–Kier alpha value is -4.26. The second kappa shape index (κ2) is 8.23. The molecule has 1 aliphatic heterocycles. The highest BCUT2D eigenvalue weighted by Crippen LogP contribution is 2.28. The van der Waals surface area contributed by atoms with Gasteiger partial charge in [-0.2, -0.15) is 0 Å². The molecule has 0 radical (unpaired) electrons. The van der Waals surface area contributed by atoms with Crippen LogP contribution in [0.25, 0.3) is 0 Å². The lowest BCUT2D eigenvalue weighted by Gasteiger charge is -2.14. The Morgan fingerprint density at radius 2 is 1.26 bits per heavy atom. The van der Waals surface area contributed by atoms with Gasteiger partial charge in [0, 0.05) is 0 Å². The van der Waals surface area contributed by atoms with E-state index in [2.05, 4.69) is 4.74 Å². The smallest absolute Gasteiger partial charge is 0.338 e. The second-order valence-electron chi connectivity index (χ2n) is 6.80. The molecular formula is C24H17NO6. The molecule has 154 valence electrons. The van der Waals surface area contributed by atoms with Crippen LogP contribution < -0.4 is 4.90 Å². The number of benzene rings is 3. The lowest BCUT2D eigenvalue weighted by molar-refractivity contribution is 0.0471. The zero-order valence-corrected chi connectivity index (χ0v) is 16.5. The van der Waals surface area contributed by atoms with Crippen LogP contribution in [0, 0.1) is 0 Å². The minimum atomic E-state index is -0.550. The van der Waals surface area contributed by atoms with Gasteiger partial charge in [-0.05, 0) is 54.1 Å². The Balaban J connectivity index is 1.42. The molecule has 0 N–H and O–H groups in total. The number of carbonyl (C=O) groups is 4. The number of imide groups is 1. The molecule has 1 aliphatic rings. The van der Waals surface area contributed by atoms with Crippen molar-refractivity contribution in [2.24, 2.45) is 0 Å². The fraction of sp³-hybridized carbons (Fsp3) is 0.0833. The van der Waals surface area contributed by atoms with E-state index in [1.807, 2.05) is 0 Å². The third kappa shape index (κ3) is 3.81. The average molecular weight is 415 g/mol. The van der Waals surface area contributed by atoms with Gasteiger partial charge in [0.05, 0.1) is 35.1 Å². The van der Waals surface area contributed by atoms with Gasteiger partial charge >= 0.3 is 11.9 Å². The zero-order valence-electron chi connectivity index (χ0n) is 16.5. The predicted molar refractivity (Wildman–Crippen MR) is 111 cm³/mol. The van der Waals surface area contributed by atoms with Crippen molar-refractivity contribution in [1.29, 1.82) is 0 Å². The standard InChI is InChI=1S/C24H17NO6/c1-30-23(28)16-8-6-15(7-9-16)14-31-24(29)17-10-12-18(13-11-17)25-21(26)19-4-2-3-5-20(19)22(25)27/h2-13H,14H2,1H3. The summed E-state index contributed by atoms with van der Waals surface area (Å²) in [4.78, 5) is 50.0. The molecule has 0 fully saturated rings. The summed E-state index contributed by atoms with van der Waals surface area (Å²) in [6.07, 6.45) is 0. The maximum absolute atomic E-state index is 12.6. The number of anilines is 1. The van der Waals surface area contributed by atoms with E-state index in [9.17, 15) is 19.2 Å². The molecule has 2 amide bonds. The molecule has 0 bridgehead atoms. The van der Waals surface area contributed by atoms with E-state index in [-0.39, 0.29) is 12.2 Å². The van der Waals surface area contributed by atoms with Gasteiger partial charge in [0.25, 0.3) is 11.8 Å². The van der Waals surface area contributed by atoms with Gasteiger partial charge in [-0.3, -0.25) is 9.59 Å². The van der Waals surface area contributed by atoms with Crippen LogP contribution in [-0.2, 0) is 16.1 Å². The van der Waals surface area contributed by atoms with E-state index < -0.39 is 23.8 Å². The lowest BCUT2D eigenvalue weighted by Crippen LogP contribution is -2.29. The third-order valence-corrected chi connectivity index (χ3v) is 4.90. The van der Waals surface area contributed by atoms with Gasteiger partial charge in [-0.25, -0.2) is 14.5 Å². The molecule has 7 heteroatoms. The van der Waals surface area contributed by atoms with Crippen molar-refractivity contribution >= 4 is 29.4 Å². The van der Waals surface area contributed by atoms with Crippen LogP contribution >= 0.6 is 0 Å². The van der Waals surface area contributed by atoms with Crippen LogP contribution in [-0.4, -0.2) is 30.9 Å². The molecule has 1 heterocycles. The topological polar surface area (TPSA) is 90.0 Å². The van der Waals surface area contributed by atoms with Crippen LogP contribution in [0.3, 0.4) is 0 Å². The van der Waals surface area contributed by atoms with Crippen molar-refractivity contribution in [3.8, 4) is 0 Å². The number of fused-ring (bicyclic) bond motifs is 1. The fourth-order valence-electron chi connectivity index (χ4n) is 3.26. The Morgan fingerprint density at radius 3 is 1.81 bits per heavy atom. The molecule has 0 spiro atoms. The van der Waals surface area contributed by atoms with E-state index in [4.69, 9.17) is 4.74 Å². The number of ether oxygens (including phenoxy) is 2. The maximum atomic E-state index is 12.6. The normalized spacial score (nSPS) is 12.5. The molecule has 31 heavy (non-hydrogen) atoms. The first kappa shape index (κ1) is 20.0. The molecule has 0 aromatic heterocycles. The number of rotatable bonds is 5. The van der Waals surface area contributed by atoms with Crippen LogP contribution in [0.1, 0.15) is 47.0 Å². The van der Waals surface area contributed by atoms with E-state index in [0.29, 0.717) is 27.9 Å². The van der Waals surface area contributed by atoms with Gasteiger partial charge in [0.15, 0.2) is 0 Å². The second-order valence-corrected chi connectivity index (χ2v) is 6.80. The van der Waals surface area contributed by atoms with Gasteiger partial charge < -0.3 is 9.47 Å². The highest BCUT2D eigenvalue weighted by Gasteiger charge is 2.36. The van der Waals surface area contributed by atoms with Crippen LogP contribution in [0.5, 0.6) is 0 Å². The average Bonchev–Trinajstić information content (AvgIpc) is 3.07. The van der Waals surface area contributed by atoms with Gasteiger partial charge in [-0.15, -0.1) is 0 Å². The Kier molecular flexibility index (Phi) is 5.32. The fourth-order valence-corrected chi connectivity index (χ4v) is 3.26. The number of nitrogens with zero attached hydrogens (tertiary/aromatic N) is 1. The van der Waals surface area contributed by atoms with E-state index in [1.165, 1.54) is 31.4 Å². The van der Waals surface area contributed by atoms with Crippen molar-refractivity contribution in [1.82, 2.24) is 0 Å². The molecule has 0 unspecified atom stereocenters. The molecule has 3 aromatic rings. The van der Waals surface area contributed by atoms with E-state index in [0.717, 1.165) is 4.90 Å². The lowest BCUT2D eigenvalue weighted by atomic mass is 10.1. The molecule has 0 aliphatic carbocycles. The maximum Gasteiger partial charge on any atom is 0.338 e. The molecule has 3 aromatic carbocycles. The number of hydrogen-bond donors (Lipinski definition) is 0. The van der Waals surface area contributed by atoms with Crippen molar-refractivity contribution in [3.05, 3.63) is 101 Å². The molecular weight excluding hydrogens is 398 g/mol. The van der Waals surface area contributed by atoms with Crippen LogP contribution in [0.15, 0.2) is 72.8 Å². The molecule has 4 rings (SSSR count). The van der Waals surface area contributed by atoms with Crippen LogP contribution in [0.2, 0.25) is 0 Å².